The first-order valence-electron chi connectivity index (χ1n) is 6.08. The quantitative estimate of drug-likeness (QED) is 0.606. The van der Waals surface area contributed by atoms with E-state index in [2.05, 4.69) is 0 Å². The Kier molecular flexibility index (Phi) is 4.51. The summed E-state index contributed by atoms with van der Waals surface area (Å²) in [5.41, 5.74) is 0.0749. The molecule has 0 saturated heterocycles. The van der Waals surface area contributed by atoms with E-state index in [-0.39, 0.29) is 11.4 Å². The molecular formula is C12H12ClF4NO2S. The molecule has 1 saturated carbocycles. The molecule has 0 unspecified atom stereocenters. The van der Waals surface area contributed by atoms with Gasteiger partial charge in [-0.05, 0) is 30.5 Å². The highest BCUT2D eigenvalue weighted by Crippen LogP contribution is 2.36. The summed E-state index contributed by atoms with van der Waals surface area (Å²) < 4.78 is 76.3. The molecule has 118 valence electrons. The third kappa shape index (κ3) is 3.87. The number of alkyl halides is 4. The minimum Gasteiger partial charge on any atom is -0.207 e. The van der Waals surface area contributed by atoms with Gasteiger partial charge < -0.3 is 0 Å². The molecule has 0 spiro atoms. The molecule has 1 aliphatic rings. The normalized spacial score (nSPS) is 16.5. The Morgan fingerprint density at radius 1 is 1.29 bits per heavy atom. The van der Waals surface area contributed by atoms with E-state index < -0.39 is 39.5 Å². The first-order valence-corrected chi connectivity index (χ1v) is 8.05. The van der Waals surface area contributed by atoms with E-state index in [1.165, 1.54) is 0 Å². The SMILES string of the molecule is O=S(=O)(c1cc(F)ccc1CCl)N(CC(F)(F)F)C1CC1. The van der Waals surface area contributed by atoms with E-state index in [1.807, 2.05) is 0 Å². The van der Waals surface area contributed by atoms with Crippen molar-refractivity contribution in [1.29, 1.82) is 0 Å². The molecular weight excluding hydrogens is 334 g/mol. The molecule has 0 aliphatic heterocycles. The van der Waals surface area contributed by atoms with Crippen LogP contribution >= 0.6 is 11.6 Å². The van der Waals surface area contributed by atoms with Crippen LogP contribution in [0.5, 0.6) is 0 Å². The summed E-state index contributed by atoms with van der Waals surface area (Å²) in [6, 6.07) is 2.19. The van der Waals surface area contributed by atoms with Crippen LogP contribution in [0.4, 0.5) is 17.6 Å². The van der Waals surface area contributed by atoms with E-state index >= 15 is 0 Å². The monoisotopic (exact) mass is 345 g/mol. The minimum atomic E-state index is -4.66. The summed E-state index contributed by atoms with van der Waals surface area (Å²) in [5, 5.41) is 0. The third-order valence-corrected chi connectivity index (χ3v) is 5.32. The van der Waals surface area contributed by atoms with Crippen LogP contribution in [-0.4, -0.2) is 31.5 Å². The maximum absolute atomic E-state index is 13.3. The number of halogens is 5. The summed E-state index contributed by atoms with van der Waals surface area (Å²) in [5.74, 6) is -1.08. The van der Waals surface area contributed by atoms with Crippen molar-refractivity contribution in [2.75, 3.05) is 6.54 Å². The van der Waals surface area contributed by atoms with Crippen molar-refractivity contribution in [3.8, 4) is 0 Å². The number of hydrogen-bond donors (Lipinski definition) is 0. The van der Waals surface area contributed by atoms with Gasteiger partial charge in [0.1, 0.15) is 12.4 Å². The maximum atomic E-state index is 13.3. The van der Waals surface area contributed by atoms with Gasteiger partial charge in [0.2, 0.25) is 10.0 Å². The molecule has 2 rings (SSSR count). The van der Waals surface area contributed by atoms with E-state index in [0.29, 0.717) is 23.2 Å². The lowest BCUT2D eigenvalue weighted by Crippen LogP contribution is -2.40. The van der Waals surface area contributed by atoms with Gasteiger partial charge in [-0.25, -0.2) is 12.8 Å². The van der Waals surface area contributed by atoms with Crippen molar-refractivity contribution >= 4 is 21.6 Å². The van der Waals surface area contributed by atoms with Gasteiger partial charge in [0.05, 0.1) is 4.90 Å². The molecule has 0 bridgehead atoms. The molecule has 1 fully saturated rings. The fourth-order valence-electron chi connectivity index (χ4n) is 1.95. The molecule has 1 aromatic rings. The number of hydrogen-bond acceptors (Lipinski definition) is 2. The highest BCUT2D eigenvalue weighted by molar-refractivity contribution is 7.89. The predicted octanol–water partition coefficient (Wildman–Crippen LogP) is 3.28. The van der Waals surface area contributed by atoms with Gasteiger partial charge in [-0.1, -0.05) is 6.07 Å². The Morgan fingerprint density at radius 3 is 2.38 bits per heavy atom. The van der Waals surface area contributed by atoms with E-state index in [1.54, 1.807) is 0 Å². The number of rotatable bonds is 5. The van der Waals surface area contributed by atoms with Crippen molar-refractivity contribution in [2.24, 2.45) is 0 Å². The fourth-order valence-corrected chi connectivity index (χ4v) is 4.17. The second-order valence-electron chi connectivity index (χ2n) is 4.78. The zero-order valence-electron chi connectivity index (χ0n) is 10.7. The van der Waals surface area contributed by atoms with Gasteiger partial charge in [0, 0.05) is 11.9 Å². The van der Waals surface area contributed by atoms with Gasteiger partial charge in [-0.2, -0.15) is 17.5 Å². The molecule has 3 nitrogen and oxygen atoms in total. The standard InChI is InChI=1S/C12H12ClF4NO2S/c13-6-8-1-2-9(14)5-11(8)21(19,20)18(10-3-4-10)7-12(15,16)17/h1-2,5,10H,3-4,6-7H2. The molecule has 0 atom stereocenters. The van der Waals surface area contributed by atoms with Crippen LogP contribution in [0.1, 0.15) is 18.4 Å². The molecule has 0 radical (unpaired) electrons. The van der Waals surface area contributed by atoms with Gasteiger partial charge >= 0.3 is 6.18 Å². The Hall–Kier alpha value is -0.860. The van der Waals surface area contributed by atoms with Crippen LogP contribution in [0.25, 0.3) is 0 Å². The van der Waals surface area contributed by atoms with Crippen molar-refractivity contribution in [3.63, 3.8) is 0 Å². The van der Waals surface area contributed by atoms with Crippen molar-refractivity contribution in [1.82, 2.24) is 4.31 Å². The number of sulfonamides is 1. The van der Waals surface area contributed by atoms with E-state index in [0.717, 1.165) is 12.1 Å². The Balaban J connectivity index is 2.46. The number of benzene rings is 1. The lowest BCUT2D eigenvalue weighted by atomic mass is 10.2. The topological polar surface area (TPSA) is 37.4 Å². The Bertz CT molecular complexity index is 629. The summed E-state index contributed by atoms with van der Waals surface area (Å²) in [6.45, 7) is -1.59. The highest BCUT2D eigenvalue weighted by atomic mass is 35.5. The second kappa shape index (κ2) is 5.73. The van der Waals surface area contributed by atoms with E-state index in [9.17, 15) is 26.0 Å². The average Bonchev–Trinajstić information content (AvgIpc) is 3.19. The Morgan fingerprint density at radius 2 is 1.90 bits per heavy atom. The first-order chi connectivity index (χ1) is 9.65. The molecule has 1 aromatic carbocycles. The lowest BCUT2D eigenvalue weighted by molar-refractivity contribution is -0.137. The summed E-state index contributed by atoms with van der Waals surface area (Å²) in [6.07, 6.45) is -3.94. The smallest absolute Gasteiger partial charge is 0.207 e. The summed E-state index contributed by atoms with van der Waals surface area (Å²) in [7, 11) is -4.45. The largest absolute Gasteiger partial charge is 0.402 e. The molecule has 0 amide bonds. The van der Waals surface area contributed by atoms with Crippen LogP contribution in [-0.2, 0) is 15.9 Å². The fraction of sp³-hybridized carbons (Fsp3) is 0.500. The van der Waals surface area contributed by atoms with Gasteiger partial charge in [-0.3, -0.25) is 0 Å². The van der Waals surface area contributed by atoms with Crippen molar-refractivity contribution in [3.05, 3.63) is 29.6 Å². The van der Waals surface area contributed by atoms with Crippen LogP contribution in [0.15, 0.2) is 23.1 Å². The van der Waals surface area contributed by atoms with Gasteiger partial charge in [0.15, 0.2) is 0 Å². The highest BCUT2D eigenvalue weighted by Gasteiger charge is 2.45. The van der Waals surface area contributed by atoms with Crippen molar-refractivity contribution < 1.29 is 26.0 Å². The van der Waals surface area contributed by atoms with E-state index in [4.69, 9.17) is 11.6 Å². The van der Waals surface area contributed by atoms with Crippen LogP contribution in [0.2, 0.25) is 0 Å². The number of nitrogens with zero attached hydrogens (tertiary/aromatic N) is 1. The van der Waals surface area contributed by atoms with Gasteiger partial charge in [0.25, 0.3) is 0 Å². The van der Waals surface area contributed by atoms with Crippen molar-refractivity contribution in [2.45, 2.75) is 35.8 Å². The Labute approximate surface area is 124 Å². The minimum absolute atomic E-state index is 0.0749. The predicted molar refractivity (Wildman–Crippen MR) is 68.9 cm³/mol. The first kappa shape index (κ1) is 16.5. The molecule has 0 heterocycles. The maximum Gasteiger partial charge on any atom is 0.402 e. The molecule has 9 heteroatoms. The van der Waals surface area contributed by atoms with Gasteiger partial charge in [-0.15, -0.1) is 11.6 Å². The molecule has 1 aliphatic carbocycles. The lowest BCUT2D eigenvalue weighted by Gasteiger charge is -2.24. The molecule has 0 aromatic heterocycles. The summed E-state index contributed by atoms with van der Waals surface area (Å²) >= 11 is 5.60. The summed E-state index contributed by atoms with van der Waals surface area (Å²) in [4.78, 5) is -0.506. The van der Waals surface area contributed by atoms with Crippen LogP contribution in [0, 0.1) is 5.82 Å². The third-order valence-electron chi connectivity index (χ3n) is 3.05. The second-order valence-corrected chi connectivity index (χ2v) is 6.91. The molecule has 0 N–H and O–H groups in total. The van der Waals surface area contributed by atoms with Crippen LogP contribution in [0.3, 0.4) is 0 Å². The zero-order valence-corrected chi connectivity index (χ0v) is 12.3. The average molecular weight is 346 g/mol. The van der Waals surface area contributed by atoms with Crippen LogP contribution < -0.4 is 0 Å². The zero-order chi connectivity index (χ0) is 15.8. The molecule has 21 heavy (non-hydrogen) atoms.